The molecule has 2 rings (SSSR count). The van der Waals surface area contributed by atoms with E-state index in [0.29, 0.717) is 32.8 Å². The predicted octanol–water partition coefficient (Wildman–Crippen LogP) is 0.210. The van der Waals surface area contributed by atoms with E-state index >= 15 is 0 Å². The largest absolute Gasteiger partial charge is 0.368 e. The summed E-state index contributed by atoms with van der Waals surface area (Å²) in [5, 5.41) is 0. The highest BCUT2D eigenvalue weighted by Gasteiger charge is 2.33. The Kier molecular flexibility index (Phi) is 5.58. The summed E-state index contributed by atoms with van der Waals surface area (Å²) in [7, 11) is 0. The number of piperazine rings is 1. The van der Waals surface area contributed by atoms with Crippen LogP contribution in [0.4, 0.5) is 0 Å². The van der Waals surface area contributed by atoms with Crippen molar-refractivity contribution >= 4 is 11.8 Å². The minimum absolute atomic E-state index is 0.00793. The summed E-state index contributed by atoms with van der Waals surface area (Å²) >= 11 is 0. The van der Waals surface area contributed by atoms with E-state index in [9.17, 15) is 9.59 Å². The van der Waals surface area contributed by atoms with Crippen molar-refractivity contribution < 1.29 is 14.3 Å². The molecule has 0 bridgehead atoms. The number of amides is 2. The maximum absolute atomic E-state index is 12.3. The Bertz CT molecular complexity index is 374. The molecule has 0 aromatic carbocycles. The van der Waals surface area contributed by atoms with Gasteiger partial charge in [0.25, 0.3) is 5.91 Å². The van der Waals surface area contributed by atoms with Gasteiger partial charge >= 0.3 is 0 Å². The van der Waals surface area contributed by atoms with Gasteiger partial charge in [-0.25, -0.2) is 0 Å². The summed E-state index contributed by atoms with van der Waals surface area (Å²) in [5.41, 5.74) is 6.00. The Labute approximate surface area is 126 Å². The molecule has 2 amide bonds. The Morgan fingerprint density at radius 2 is 1.86 bits per heavy atom. The molecule has 2 N–H and O–H groups in total. The van der Waals surface area contributed by atoms with Gasteiger partial charge in [-0.1, -0.05) is 20.3 Å². The normalized spacial score (nSPS) is 25.8. The maximum Gasteiger partial charge on any atom is 0.251 e. The third kappa shape index (κ3) is 3.74. The number of carbonyl (C=O) groups excluding carboxylic acids is 2. The van der Waals surface area contributed by atoms with Crippen molar-refractivity contribution in [3.63, 3.8) is 0 Å². The molecule has 120 valence electrons. The average Bonchev–Trinajstić information content (AvgIpc) is 3.06. The molecule has 2 fully saturated rings. The standard InChI is InChI=1S/C15H27N3O3/c1-3-11(2)13(16)15(20)18-8-6-17(7-9-18)14(19)12-5-4-10-21-12/h11-13H,3-10,16H2,1-2H3/t11?,12?,13-/m0/s1. The summed E-state index contributed by atoms with van der Waals surface area (Å²) in [4.78, 5) is 28.1. The van der Waals surface area contributed by atoms with Crippen molar-refractivity contribution in [3.8, 4) is 0 Å². The summed E-state index contributed by atoms with van der Waals surface area (Å²) in [6.07, 6.45) is 2.40. The molecule has 2 aliphatic rings. The predicted molar refractivity (Wildman–Crippen MR) is 79.6 cm³/mol. The Morgan fingerprint density at radius 1 is 1.24 bits per heavy atom. The lowest BCUT2D eigenvalue weighted by Crippen LogP contribution is -2.56. The van der Waals surface area contributed by atoms with Crippen LogP contribution in [-0.4, -0.2) is 66.5 Å². The van der Waals surface area contributed by atoms with Crippen molar-refractivity contribution in [2.24, 2.45) is 11.7 Å². The number of hydrogen-bond donors (Lipinski definition) is 1. The molecule has 2 heterocycles. The third-order valence-electron chi connectivity index (χ3n) is 4.65. The SMILES string of the molecule is CCC(C)[C@H](N)C(=O)N1CCN(C(=O)C2CCCO2)CC1. The summed E-state index contributed by atoms with van der Waals surface area (Å²) in [6, 6.07) is -0.435. The molecular weight excluding hydrogens is 270 g/mol. The zero-order chi connectivity index (χ0) is 15.4. The molecule has 2 aliphatic heterocycles. The van der Waals surface area contributed by atoms with Gasteiger partial charge in [0.1, 0.15) is 6.10 Å². The molecule has 0 saturated carbocycles. The molecule has 0 aromatic rings. The van der Waals surface area contributed by atoms with E-state index in [1.54, 1.807) is 4.90 Å². The van der Waals surface area contributed by atoms with E-state index in [2.05, 4.69) is 0 Å². The molecule has 6 nitrogen and oxygen atoms in total. The Morgan fingerprint density at radius 3 is 2.38 bits per heavy atom. The monoisotopic (exact) mass is 297 g/mol. The van der Waals surface area contributed by atoms with Crippen LogP contribution < -0.4 is 5.73 Å². The van der Waals surface area contributed by atoms with Crippen LogP contribution in [-0.2, 0) is 14.3 Å². The molecule has 0 spiro atoms. The van der Waals surface area contributed by atoms with Gasteiger partial charge < -0.3 is 20.3 Å². The van der Waals surface area contributed by atoms with Crippen molar-refractivity contribution in [2.45, 2.75) is 45.3 Å². The molecule has 0 aromatic heterocycles. The number of hydrogen-bond acceptors (Lipinski definition) is 4. The van der Waals surface area contributed by atoms with E-state index in [-0.39, 0.29) is 23.8 Å². The second kappa shape index (κ2) is 7.22. The Hall–Kier alpha value is -1.14. The maximum atomic E-state index is 12.3. The van der Waals surface area contributed by atoms with E-state index < -0.39 is 6.04 Å². The first-order valence-corrected chi connectivity index (χ1v) is 7.99. The zero-order valence-electron chi connectivity index (χ0n) is 13.1. The van der Waals surface area contributed by atoms with Crippen LogP contribution in [0, 0.1) is 5.92 Å². The molecule has 0 aliphatic carbocycles. The van der Waals surface area contributed by atoms with Gasteiger partial charge in [-0.05, 0) is 18.8 Å². The van der Waals surface area contributed by atoms with Gasteiger partial charge in [0.05, 0.1) is 6.04 Å². The van der Waals surface area contributed by atoms with Gasteiger partial charge in [0.2, 0.25) is 5.91 Å². The third-order valence-corrected chi connectivity index (χ3v) is 4.65. The minimum atomic E-state index is -0.435. The highest BCUT2D eigenvalue weighted by atomic mass is 16.5. The van der Waals surface area contributed by atoms with Crippen LogP contribution in [0.1, 0.15) is 33.1 Å². The van der Waals surface area contributed by atoms with E-state index in [1.807, 2.05) is 18.7 Å². The van der Waals surface area contributed by atoms with Crippen LogP contribution in [0.2, 0.25) is 0 Å². The van der Waals surface area contributed by atoms with Crippen molar-refractivity contribution in [3.05, 3.63) is 0 Å². The van der Waals surface area contributed by atoms with Gasteiger partial charge in [0, 0.05) is 32.8 Å². The Balaban J connectivity index is 1.82. The van der Waals surface area contributed by atoms with Gasteiger partial charge in [0.15, 0.2) is 0 Å². The fourth-order valence-corrected chi connectivity index (χ4v) is 2.83. The lowest BCUT2D eigenvalue weighted by Gasteiger charge is -2.37. The summed E-state index contributed by atoms with van der Waals surface area (Å²) < 4.78 is 5.43. The minimum Gasteiger partial charge on any atom is -0.368 e. The average molecular weight is 297 g/mol. The van der Waals surface area contributed by atoms with Crippen LogP contribution in [0.3, 0.4) is 0 Å². The highest BCUT2D eigenvalue weighted by Crippen LogP contribution is 2.17. The fraction of sp³-hybridized carbons (Fsp3) is 0.867. The molecule has 3 atom stereocenters. The first-order chi connectivity index (χ1) is 10.0. The zero-order valence-corrected chi connectivity index (χ0v) is 13.1. The van der Waals surface area contributed by atoms with Gasteiger partial charge in [-0.3, -0.25) is 9.59 Å². The van der Waals surface area contributed by atoms with E-state index in [1.165, 1.54) is 0 Å². The smallest absolute Gasteiger partial charge is 0.251 e. The second-order valence-electron chi connectivity index (χ2n) is 6.06. The van der Waals surface area contributed by atoms with Gasteiger partial charge in [-0.2, -0.15) is 0 Å². The van der Waals surface area contributed by atoms with Crippen LogP contribution in [0.15, 0.2) is 0 Å². The molecule has 0 radical (unpaired) electrons. The molecule has 2 saturated heterocycles. The van der Waals surface area contributed by atoms with Crippen molar-refractivity contribution in [1.82, 2.24) is 9.80 Å². The first kappa shape index (κ1) is 16.2. The van der Waals surface area contributed by atoms with Crippen LogP contribution >= 0.6 is 0 Å². The quantitative estimate of drug-likeness (QED) is 0.805. The molecular formula is C15H27N3O3. The number of carbonyl (C=O) groups is 2. The molecule has 2 unspecified atom stereocenters. The molecule has 6 heteroatoms. The number of nitrogens with zero attached hydrogens (tertiary/aromatic N) is 2. The lowest BCUT2D eigenvalue weighted by atomic mass is 9.98. The fourth-order valence-electron chi connectivity index (χ4n) is 2.83. The number of ether oxygens (including phenoxy) is 1. The van der Waals surface area contributed by atoms with Gasteiger partial charge in [-0.15, -0.1) is 0 Å². The second-order valence-corrected chi connectivity index (χ2v) is 6.06. The van der Waals surface area contributed by atoms with E-state index in [4.69, 9.17) is 10.5 Å². The number of rotatable bonds is 4. The van der Waals surface area contributed by atoms with Crippen molar-refractivity contribution in [2.75, 3.05) is 32.8 Å². The molecule has 21 heavy (non-hydrogen) atoms. The summed E-state index contributed by atoms with van der Waals surface area (Å²) in [5.74, 6) is 0.267. The topological polar surface area (TPSA) is 75.9 Å². The number of nitrogens with two attached hydrogens (primary N) is 1. The van der Waals surface area contributed by atoms with Crippen molar-refractivity contribution in [1.29, 1.82) is 0 Å². The summed E-state index contributed by atoms with van der Waals surface area (Å²) in [6.45, 7) is 7.02. The van der Waals surface area contributed by atoms with Crippen LogP contribution in [0.25, 0.3) is 0 Å². The first-order valence-electron chi connectivity index (χ1n) is 7.99. The lowest BCUT2D eigenvalue weighted by molar-refractivity contribution is -0.146. The highest BCUT2D eigenvalue weighted by molar-refractivity contribution is 5.83. The van der Waals surface area contributed by atoms with E-state index in [0.717, 1.165) is 19.3 Å². The van der Waals surface area contributed by atoms with Crippen LogP contribution in [0.5, 0.6) is 0 Å².